The van der Waals surface area contributed by atoms with Crippen molar-refractivity contribution in [3.8, 4) is 0 Å². The summed E-state index contributed by atoms with van der Waals surface area (Å²) in [5, 5.41) is 19.0. The van der Waals surface area contributed by atoms with Crippen LogP contribution in [0.5, 0.6) is 0 Å². The third-order valence-corrected chi connectivity index (χ3v) is 4.00. The SMILES string of the molecule is Cc1nn(C)c(Cl)c1C(O)CCc1ccsc1. The summed E-state index contributed by atoms with van der Waals surface area (Å²) in [5.41, 5.74) is 2.81. The van der Waals surface area contributed by atoms with Crippen molar-refractivity contribution in [3.63, 3.8) is 0 Å². The number of aromatic nitrogens is 2. The van der Waals surface area contributed by atoms with Crippen molar-refractivity contribution >= 4 is 22.9 Å². The first-order chi connectivity index (χ1) is 8.09. The van der Waals surface area contributed by atoms with E-state index in [0.29, 0.717) is 11.6 Å². The summed E-state index contributed by atoms with van der Waals surface area (Å²) in [5.74, 6) is 0. The Morgan fingerprint density at radius 1 is 1.59 bits per heavy atom. The molecule has 0 radical (unpaired) electrons. The predicted octanol–water partition coefficient (Wildman–Crippen LogP) is 3.11. The average Bonchev–Trinajstić information content (AvgIpc) is 2.86. The van der Waals surface area contributed by atoms with Gasteiger partial charge in [0.2, 0.25) is 0 Å². The van der Waals surface area contributed by atoms with E-state index < -0.39 is 6.10 Å². The topological polar surface area (TPSA) is 38.0 Å². The minimum absolute atomic E-state index is 0.528. The molecule has 1 atom stereocenters. The normalized spacial score (nSPS) is 12.9. The van der Waals surface area contributed by atoms with Crippen LogP contribution in [0.3, 0.4) is 0 Å². The van der Waals surface area contributed by atoms with Gasteiger partial charge in [-0.15, -0.1) is 0 Å². The van der Waals surface area contributed by atoms with Gasteiger partial charge in [-0.1, -0.05) is 11.6 Å². The maximum absolute atomic E-state index is 10.2. The molecule has 17 heavy (non-hydrogen) atoms. The largest absolute Gasteiger partial charge is 0.388 e. The molecule has 2 aromatic heterocycles. The second kappa shape index (κ2) is 5.21. The maximum Gasteiger partial charge on any atom is 0.132 e. The van der Waals surface area contributed by atoms with E-state index >= 15 is 0 Å². The summed E-state index contributed by atoms with van der Waals surface area (Å²) < 4.78 is 1.60. The van der Waals surface area contributed by atoms with Gasteiger partial charge in [0.1, 0.15) is 5.15 Å². The molecule has 0 aromatic carbocycles. The van der Waals surface area contributed by atoms with Crippen molar-refractivity contribution in [2.45, 2.75) is 25.9 Å². The molecule has 0 amide bonds. The highest BCUT2D eigenvalue weighted by Crippen LogP contribution is 2.28. The molecule has 1 unspecified atom stereocenters. The van der Waals surface area contributed by atoms with Gasteiger partial charge in [-0.3, -0.25) is 4.68 Å². The van der Waals surface area contributed by atoms with Crippen LogP contribution < -0.4 is 0 Å². The molecule has 5 heteroatoms. The van der Waals surface area contributed by atoms with Crippen LogP contribution >= 0.6 is 22.9 Å². The molecule has 0 spiro atoms. The molecule has 92 valence electrons. The quantitative estimate of drug-likeness (QED) is 0.927. The van der Waals surface area contributed by atoms with Gasteiger partial charge in [0.05, 0.1) is 11.8 Å². The van der Waals surface area contributed by atoms with Crippen LogP contribution in [0, 0.1) is 6.92 Å². The van der Waals surface area contributed by atoms with Gasteiger partial charge < -0.3 is 5.11 Å². The fraction of sp³-hybridized carbons (Fsp3) is 0.417. The molecule has 2 heterocycles. The first-order valence-electron chi connectivity index (χ1n) is 5.47. The second-order valence-corrected chi connectivity index (χ2v) is 5.24. The van der Waals surface area contributed by atoms with E-state index in [1.165, 1.54) is 5.56 Å². The molecule has 1 N–H and O–H groups in total. The molecule has 0 aliphatic rings. The van der Waals surface area contributed by atoms with Crippen molar-refractivity contribution in [3.05, 3.63) is 38.8 Å². The molecular formula is C12H15ClN2OS. The zero-order valence-electron chi connectivity index (χ0n) is 9.85. The lowest BCUT2D eigenvalue weighted by molar-refractivity contribution is 0.167. The Hall–Kier alpha value is -0.840. The monoisotopic (exact) mass is 270 g/mol. The first kappa shape index (κ1) is 12.6. The van der Waals surface area contributed by atoms with E-state index in [1.54, 1.807) is 23.1 Å². The molecule has 0 aliphatic carbocycles. The van der Waals surface area contributed by atoms with Gasteiger partial charge in [-0.25, -0.2) is 0 Å². The van der Waals surface area contributed by atoms with Crippen molar-refractivity contribution in [2.75, 3.05) is 0 Å². The summed E-state index contributed by atoms with van der Waals surface area (Å²) >= 11 is 7.79. The molecule has 2 rings (SSSR count). The smallest absolute Gasteiger partial charge is 0.132 e. The van der Waals surface area contributed by atoms with Crippen molar-refractivity contribution in [1.82, 2.24) is 9.78 Å². The molecule has 0 saturated heterocycles. The van der Waals surface area contributed by atoms with Gasteiger partial charge in [-0.05, 0) is 42.2 Å². The Morgan fingerprint density at radius 3 is 2.88 bits per heavy atom. The predicted molar refractivity (Wildman–Crippen MR) is 70.6 cm³/mol. The third kappa shape index (κ3) is 2.70. The third-order valence-electron chi connectivity index (χ3n) is 2.82. The minimum atomic E-state index is -0.545. The van der Waals surface area contributed by atoms with Gasteiger partial charge >= 0.3 is 0 Å². The number of rotatable bonds is 4. The van der Waals surface area contributed by atoms with Crippen LogP contribution in [0.1, 0.15) is 29.3 Å². The van der Waals surface area contributed by atoms with Gasteiger partial charge in [0, 0.05) is 12.6 Å². The van der Waals surface area contributed by atoms with Crippen LogP contribution in [0.2, 0.25) is 5.15 Å². The highest BCUT2D eigenvalue weighted by atomic mass is 35.5. The number of hydrogen-bond acceptors (Lipinski definition) is 3. The summed E-state index contributed by atoms with van der Waals surface area (Å²) in [7, 11) is 1.78. The molecule has 0 aliphatic heterocycles. The maximum atomic E-state index is 10.2. The number of aliphatic hydroxyl groups is 1. The van der Waals surface area contributed by atoms with E-state index in [-0.39, 0.29) is 0 Å². The Bertz CT molecular complexity index is 493. The molecule has 0 bridgehead atoms. The van der Waals surface area contributed by atoms with Gasteiger partial charge in [-0.2, -0.15) is 16.4 Å². The minimum Gasteiger partial charge on any atom is -0.388 e. The van der Waals surface area contributed by atoms with E-state index in [0.717, 1.165) is 17.7 Å². The lowest BCUT2D eigenvalue weighted by Crippen LogP contribution is -2.01. The standard InChI is InChI=1S/C12H15ClN2OS/c1-8-11(12(13)15(2)14-8)10(16)4-3-9-5-6-17-7-9/h5-7,10,16H,3-4H2,1-2H3. The number of aliphatic hydroxyl groups excluding tert-OH is 1. The summed E-state index contributed by atoms with van der Waals surface area (Å²) in [6, 6.07) is 2.08. The molecular weight excluding hydrogens is 256 g/mol. The van der Waals surface area contributed by atoms with E-state index in [2.05, 4.69) is 16.5 Å². The van der Waals surface area contributed by atoms with Crippen molar-refractivity contribution in [2.24, 2.45) is 7.05 Å². The molecule has 0 saturated carbocycles. The Kier molecular flexibility index (Phi) is 3.86. The number of thiophene rings is 1. The highest BCUT2D eigenvalue weighted by molar-refractivity contribution is 7.07. The van der Waals surface area contributed by atoms with Crippen molar-refractivity contribution < 1.29 is 5.11 Å². The summed E-state index contributed by atoms with van der Waals surface area (Å²) in [6.45, 7) is 1.87. The number of nitrogens with zero attached hydrogens (tertiary/aromatic N) is 2. The summed E-state index contributed by atoms with van der Waals surface area (Å²) in [4.78, 5) is 0. The number of halogens is 1. The number of aryl methyl sites for hydroxylation is 3. The molecule has 3 nitrogen and oxygen atoms in total. The second-order valence-electron chi connectivity index (χ2n) is 4.10. The molecule has 0 fully saturated rings. The zero-order chi connectivity index (χ0) is 12.4. The fourth-order valence-corrected chi connectivity index (χ4v) is 2.91. The van der Waals surface area contributed by atoms with E-state index in [9.17, 15) is 5.11 Å². The number of hydrogen-bond donors (Lipinski definition) is 1. The van der Waals surface area contributed by atoms with Gasteiger partial charge in [0.25, 0.3) is 0 Å². The van der Waals surface area contributed by atoms with E-state index in [1.807, 2.05) is 12.3 Å². The Morgan fingerprint density at radius 2 is 2.35 bits per heavy atom. The Balaban J connectivity index is 2.07. The van der Waals surface area contributed by atoms with Crippen LogP contribution in [-0.4, -0.2) is 14.9 Å². The van der Waals surface area contributed by atoms with Crippen LogP contribution in [0.25, 0.3) is 0 Å². The van der Waals surface area contributed by atoms with Crippen LogP contribution in [-0.2, 0) is 13.5 Å². The lowest BCUT2D eigenvalue weighted by atomic mass is 10.0. The van der Waals surface area contributed by atoms with Crippen LogP contribution in [0.15, 0.2) is 16.8 Å². The lowest BCUT2D eigenvalue weighted by Gasteiger charge is -2.09. The van der Waals surface area contributed by atoms with E-state index in [4.69, 9.17) is 11.6 Å². The van der Waals surface area contributed by atoms with Crippen molar-refractivity contribution in [1.29, 1.82) is 0 Å². The highest BCUT2D eigenvalue weighted by Gasteiger charge is 2.19. The fourth-order valence-electron chi connectivity index (χ4n) is 1.91. The average molecular weight is 271 g/mol. The van der Waals surface area contributed by atoms with Gasteiger partial charge in [0.15, 0.2) is 0 Å². The van der Waals surface area contributed by atoms with Crippen LogP contribution in [0.4, 0.5) is 0 Å². The Labute approximate surface area is 110 Å². The summed E-state index contributed by atoms with van der Waals surface area (Å²) in [6.07, 6.45) is 0.981. The first-order valence-corrected chi connectivity index (χ1v) is 6.79. The molecule has 2 aromatic rings. The zero-order valence-corrected chi connectivity index (χ0v) is 11.4.